The molecular weight excluding hydrogens is 550 g/mol. The Balaban J connectivity index is 1.64. The number of pyridine rings is 1. The van der Waals surface area contributed by atoms with Crippen molar-refractivity contribution < 1.29 is 33.0 Å². The molecule has 0 aliphatic rings. The summed E-state index contributed by atoms with van der Waals surface area (Å²) in [6, 6.07) is 7.51. The molecule has 14 heteroatoms. The van der Waals surface area contributed by atoms with Gasteiger partial charge >= 0.3 is 12.1 Å². The number of fused-ring (bicyclic) bond motifs is 1. The molecule has 0 spiro atoms. The normalized spacial score (nSPS) is 12.3. The highest BCUT2D eigenvalue weighted by atomic mass is 35.5. The molecule has 3 rings (SSSR count). The average molecular weight is 579 g/mol. The minimum Gasteiger partial charge on any atom is -0.447 e. The molecule has 0 fully saturated rings. The number of likely N-dealkylation sites (N-methyl/N-ethyl adjacent to an activating group) is 1. The lowest BCUT2D eigenvalue weighted by Gasteiger charge is -2.28. The van der Waals surface area contributed by atoms with Crippen LogP contribution in [-0.2, 0) is 16.1 Å². The molecule has 6 N–H and O–H groups in total. The number of nitrogens with one attached hydrogen (secondary N) is 3. The van der Waals surface area contributed by atoms with Crippen molar-refractivity contribution >= 4 is 46.2 Å². The number of anilines is 1. The van der Waals surface area contributed by atoms with E-state index in [-0.39, 0.29) is 37.0 Å². The highest BCUT2D eigenvalue weighted by Crippen LogP contribution is 2.20. The number of halogens is 3. The molecule has 0 unspecified atom stereocenters. The molecule has 0 bridgehead atoms. The van der Waals surface area contributed by atoms with Crippen molar-refractivity contribution in [3.63, 3.8) is 0 Å². The van der Waals surface area contributed by atoms with Gasteiger partial charge in [0, 0.05) is 37.8 Å². The van der Waals surface area contributed by atoms with Crippen LogP contribution in [0.4, 0.5) is 24.2 Å². The van der Waals surface area contributed by atoms with Gasteiger partial charge in [0.15, 0.2) is 0 Å². The molecule has 2 atom stereocenters. The summed E-state index contributed by atoms with van der Waals surface area (Å²) in [5, 5.41) is 17.7. The Morgan fingerprint density at radius 1 is 1.15 bits per heavy atom. The third kappa shape index (κ3) is 8.73. The third-order valence-corrected chi connectivity index (χ3v) is 6.29. The van der Waals surface area contributed by atoms with Crippen molar-refractivity contribution in [2.45, 2.75) is 25.0 Å². The zero-order chi connectivity index (χ0) is 29.2. The number of hydrogen-bond donors (Lipinski definition) is 5. The van der Waals surface area contributed by atoms with E-state index in [1.54, 1.807) is 12.1 Å². The van der Waals surface area contributed by atoms with Gasteiger partial charge in [-0.25, -0.2) is 23.4 Å². The standard InChI is InChI=1S/C26H29ClF2N6O5/c1-35(25(38)33-11-16-3-2-4-21(29)24(16)27)20(9-23(37)32-12-19(30)13-36)14-40-26(39)34-22-8-17-7-18(28)6-5-15(17)10-31-22/h2-8,10,19-20,36H,9,11-14,30H2,1H3,(H,32,37)(H,33,38)(H,31,34,39)/t19-,20+/m1/s1. The molecule has 0 aliphatic heterocycles. The average Bonchev–Trinajstić information content (AvgIpc) is 2.93. The van der Waals surface area contributed by atoms with Crippen LogP contribution in [0.15, 0.2) is 48.7 Å². The van der Waals surface area contributed by atoms with Crippen molar-refractivity contribution in [1.29, 1.82) is 0 Å². The van der Waals surface area contributed by atoms with Crippen LogP contribution in [0.3, 0.4) is 0 Å². The number of hydrogen-bond acceptors (Lipinski definition) is 7. The predicted octanol–water partition coefficient (Wildman–Crippen LogP) is 2.75. The summed E-state index contributed by atoms with van der Waals surface area (Å²) in [5.41, 5.74) is 5.95. The lowest BCUT2D eigenvalue weighted by atomic mass is 10.1. The molecule has 4 amide bonds. The highest BCUT2D eigenvalue weighted by molar-refractivity contribution is 6.31. The van der Waals surface area contributed by atoms with E-state index in [4.69, 9.17) is 27.2 Å². The van der Waals surface area contributed by atoms with Gasteiger partial charge in [-0.3, -0.25) is 10.1 Å². The number of carbonyl (C=O) groups excluding carboxylic acids is 3. The van der Waals surface area contributed by atoms with E-state index in [2.05, 4.69) is 20.9 Å². The fraction of sp³-hybridized carbons (Fsp3) is 0.308. The van der Waals surface area contributed by atoms with E-state index < -0.39 is 48.4 Å². The van der Waals surface area contributed by atoms with Crippen LogP contribution < -0.4 is 21.7 Å². The van der Waals surface area contributed by atoms with E-state index in [9.17, 15) is 23.2 Å². The van der Waals surface area contributed by atoms with Gasteiger partial charge < -0.3 is 31.1 Å². The first kappa shape index (κ1) is 30.5. The quantitative estimate of drug-likeness (QED) is 0.234. The maximum Gasteiger partial charge on any atom is 0.412 e. The molecular formula is C26H29ClF2N6O5. The topological polar surface area (TPSA) is 159 Å². The smallest absolute Gasteiger partial charge is 0.412 e. The Morgan fingerprint density at radius 2 is 1.93 bits per heavy atom. The molecule has 3 aromatic rings. The second-order valence-electron chi connectivity index (χ2n) is 8.87. The number of nitrogens with two attached hydrogens (primary N) is 1. The van der Waals surface area contributed by atoms with Crippen molar-refractivity contribution in [1.82, 2.24) is 20.5 Å². The minimum absolute atomic E-state index is 0.00833. The number of rotatable bonds is 11. The monoisotopic (exact) mass is 578 g/mol. The Hall–Kier alpha value is -4.07. The van der Waals surface area contributed by atoms with Crippen molar-refractivity contribution in [3.05, 3.63) is 70.9 Å². The minimum atomic E-state index is -0.933. The fourth-order valence-electron chi connectivity index (χ4n) is 3.54. The number of carbonyl (C=O) groups is 3. The lowest BCUT2D eigenvalue weighted by molar-refractivity contribution is -0.122. The first-order valence-corrected chi connectivity index (χ1v) is 12.5. The summed E-state index contributed by atoms with van der Waals surface area (Å²) >= 11 is 5.94. The van der Waals surface area contributed by atoms with Crippen LogP contribution in [0.1, 0.15) is 12.0 Å². The number of aromatic nitrogens is 1. The van der Waals surface area contributed by atoms with E-state index in [0.717, 1.165) is 4.90 Å². The van der Waals surface area contributed by atoms with E-state index in [0.29, 0.717) is 16.3 Å². The zero-order valence-corrected chi connectivity index (χ0v) is 22.3. The number of ether oxygens (including phenoxy) is 1. The third-order valence-electron chi connectivity index (χ3n) is 5.87. The summed E-state index contributed by atoms with van der Waals surface area (Å²) < 4.78 is 32.5. The molecule has 0 aliphatic carbocycles. The van der Waals surface area contributed by atoms with E-state index in [1.807, 2.05) is 0 Å². The number of aliphatic hydroxyl groups is 1. The molecule has 2 aromatic carbocycles. The maximum atomic E-state index is 13.7. The Bertz CT molecular complexity index is 1360. The van der Waals surface area contributed by atoms with Crippen molar-refractivity contribution in [3.8, 4) is 0 Å². The molecule has 40 heavy (non-hydrogen) atoms. The summed E-state index contributed by atoms with van der Waals surface area (Å²) in [6.07, 6.45) is 0.262. The lowest BCUT2D eigenvalue weighted by Crippen LogP contribution is -2.48. The van der Waals surface area contributed by atoms with Crippen LogP contribution in [0.5, 0.6) is 0 Å². The first-order valence-electron chi connectivity index (χ1n) is 12.1. The highest BCUT2D eigenvalue weighted by Gasteiger charge is 2.25. The number of urea groups is 1. The van der Waals surface area contributed by atoms with Gasteiger partial charge in [-0.05, 0) is 41.3 Å². The molecule has 214 valence electrons. The number of benzene rings is 2. The van der Waals surface area contributed by atoms with Gasteiger partial charge in [0.25, 0.3) is 0 Å². The van der Waals surface area contributed by atoms with Gasteiger partial charge in [0.1, 0.15) is 24.1 Å². The second-order valence-corrected chi connectivity index (χ2v) is 9.25. The molecule has 11 nitrogen and oxygen atoms in total. The maximum absolute atomic E-state index is 13.7. The van der Waals surface area contributed by atoms with Gasteiger partial charge in [0.05, 0.1) is 24.1 Å². The van der Waals surface area contributed by atoms with Crippen LogP contribution in [0, 0.1) is 11.6 Å². The van der Waals surface area contributed by atoms with E-state index in [1.165, 1.54) is 43.6 Å². The van der Waals surface area contributed by atoms with Crippen LogP contribution in [0.2, 0.25) is 5.02 Å². The Kier molecular flexibility index (Phi) is 10.9. The molecule has 0 radical (unpaired) electrons. The molecule has 0 saturated carbocycles. The Labute approximate surface area is 233 Å². The summed E-state index contributed by atoms with van der Waals surface area (Å²) in [7, 11) is 1.39. The van der Waals surface area contributed by atoms with Crippen molar-refractivity contribution in [2.75, 3.05) is 32.1 Å². The predicted molar refractivity (Wildman–Crippen MR) is 145 cm³/mol. The number of amides is 4. The summed E-state index contributed by atoms with van der Waals surface area (Å²) in [4.78, 5) is 43.0. The zero-order valence-electron chi connectivity index (χ0n) is 21.5. The first-order chi connectivity index (χ1) is 19.1. The molecule has 0 saturated heterocycles. The Morgan fingerprint density at radius 3 is 2.67 bits per heavy atom. The van der Waals surface area contributed by atoms with Gasteiger partial charge in [0.2, 0.25) is 5.91 Å². The van der Waals surface area contributed by atoms with Crippen LogP contribution >= 0.6 is 11.6 Å². The van der Waals surface area contributed by atoms with Gasteiger partial charge in [-0.2, -0.15) is 0 Å². The SMILES string of the molecule is CN(C(=O)NCc1cccc(F)c1Cl)[C@H](COC(=O)Nc1cc2cc(F)ccc2cn1)CC(=O)NC[C@@H](N)CO. The van der Waals surface area contributed by atoms with Crippen LogP contribution in [0.25, 0.3) is 10.8 Å². The van der Waals surface area contributed by atoms with Gasteiger partial charge in [-0.15, -0.1) is 0 Å². The largest absolute Gasteiger partial charge is 0.447 e. The summed E-state index contributed by atoms with van der Waals surface area (Å²) in [6.45, 7) is -0.837. The number of aliphatic hydroxyl groups excluding tert-OH is 1. The summed E-state index contributed by atoms with van der Waals surface area (Å²) in [5.74, 6) is -1.49. The van der Waals surface area contributed by atoms with Gasteiger partial charge in [-0.1, -0.05) is 23.7 Å². The number of nitrogens with zero attached hydrogens (tertiary/aromatic N) is 2. The van der Waals surface area contributed by atoms with Crippen molar-refractivity contribution in [2.24, 2.45) is 5.73 Å². The fourth-order valence-corrected chi connectivity index (χ4v) is 3.74. The molecule has 1 heterocycles. The van der Waals surface area contributed by atoms with Crippen LogP contribution in [-0.4, -0.2) is 71.9 Å². The van der Waals surface area contributed by atoms with E-state index >= 15 is 0 Å². The second kappa shape index (κ2) is 14.4. The molecule has 1 aromatic heterocycles.